The quantitative estimate of drug-likeness (QED) is 0.866. The summed E-state index contributed by atoms with van der Waals surface area (Å²) in [6.45, 7) is 3.08. The predicted molar refractivity (Wildman–Crippen MR) is 61.7 cm³/mol. The van der Waals surface area contributed by atoms with E-state index in [1.165, 1.54) is 6.07 Å². The molecule has 0 atom stereocenters. The van der Waals surface area contributed by atoms with Gasteiger partial charge in [-0.25, -0.2) is 4.39 Å². The Morgan fingerprint density at radius 3 is 2.67 bits per heavy atom. The normalized spacial score (nSPS) is 11.5. The van der Waals surface area contributed by atoms with Gasteiger partial charge < -0.3 is 5.11 Å². The number of thioether (sulfide) groups is 1. The van der Waals surface area contributed by atoms with Crippen molar-refractivity contribution in [3.8, 4) is 0 Å². The Hall–Kier alpha value is -0.550. The molecule has 0 fully saturated rings. The van der Waals surface area contributed by atoms with Gasteiger partial charge >= 0.3 is 5.97 Å². The standard InChI is InChI=1S/C10H10BrFO2S/c1-10(2,9(13)14)15-8-5-6(11)3-4-7(8)12/h3-5H,1-2H3,(H,13,14). The van der Waals surface area contributed by atoms with Crippen LogP contribution in [0.5, 0.6) is 0 Å². The van der Waals surface area contributed by atoms with Gasteiger partial charge in [-0.3, -0.25) is 4.79 Å². The van der Waals surface area contributed by atoms with E-state index in [1.54, 1.807) is 26.0 Å². The molecule has 1 aromatic carbocycles. The lowest BCUT2D eigenvalue weighted by molar-refractivity contribution is -0.138. The summed E-state index contributed by atoms with van der Waals surface area (Å²) in [5.74, 6) is -1.37. The second-order valence-electron chi connectivity index (χ2n) is 3.49. The molecule has 1 rings (SSSR count). The van der Waals surface area contributed by atoms with Crippen molar-refractivity contribution in [2.24, 2.45) is 0 Å². The van der Waals surface area contributed by atoms with Crippen LogP contribution in [0.15, 0.2) is 27.6 Å². The Labute approximate surface area is 100 Å². The van der Waals surface area contributed by atoms with Crippen molar-refractivity contribution in [1.82, 2.24) is 0 Å². The smallest absolute Gasteiger partial charge is 0.319 e. The molecule has 1 aromatic rings. The fourth-order valence-electron chi connectivity index (χ4n) is 0.874. The van der Waals surface area contributed by atoms with E-state index in [1.807, 2.05) is 0 Å². The molecule has 0 aromatic heterocycles. The average Bonchev–Trinajstić information content (AvgIpc) is 2.10. The van der Waals surface area contributed by atoms with Gasteiger partial charge in [-0.1, -0.05) is 15.9 Å². The van der Waals surface area contributed by atoms with Gasteiger partial charge in [0.2, 0.25) is 0 Å². The van der Waals surface area contributed by atoms with Crippen LogP contribution in [0.25, 0.3) is 0 Å². The number of benzene rings is 1. The second-order valence-corrected chi connectivity index (χ2v) is 6.07. The minimum absolute atomic E-state index is 0.330. The molecule has 82 valence electrons. The average molecular weight is 293 g/mol. The van der Waals surface area contributed by atoms with Crippen LogP contribution in [0, 0.1) is 5.82 Å². The molecule has 0 amide bonds. The maximum atomic E-state index is 13.3. The van der Waals surface area contributed by atoms with Gasteiger partial charge in [0.25, 0.3) is 0 Å². The molecule has 0 saturated heterocycles. The number of rotatable bonds is 3. The van der Waals surface area contributed by atoms with E-state index >= 15 is 0 Å². The van der Waals surface area contributed by atoms with E-state index in [-0.39, 0.29) is 0 Å². The lowest BCUT2D eigenvalue weighted by Crippen LogP contribution is -2.27. The molecule has 0 radical (unpaired) electrons. The highest BCUT2D eigenvalue weighted by atomic mass is 79.9. The molecule has 15 heavy (non-hydrogen) atoms. The maximum absolute atomic E-state index is 13.3. The molecule has 0 saturated carbocycles. The van der Waals surface area contributed by atoms with Crippen LogP contribution in [0.4, 0.5) is 4.39 Å². The molecule has 5 heteroatoms. The topological polar surface area (TPSA) is 37.3 Å². The van der Waals surface area contributed by atoms with Crippen LogP contribution in [-0.2, 0) is 4.79 Å². The number of hydrogen-bond donors (Lipinski definition) is 1. The lowest BCUT2D eigenvalue weighted by atomic mass is 10.2. The van der Waals surface area contributed by atoms with Gasteiger partial charge in [0.1, 0.15) is 10.6 Å². The van der Waals surface area contributed by atoms with Gasteiger partial charge in [-0.05, 0) is 32.0 Å². The first kappa shape index (κ1) is 12.5. The number of aliphatic carboxylic acids is 1. The van der Waals surface area contributed by atoms with E-state index in [2.05, 4.69) is 15.9 Å². The van der Waals surface area contributed by atoms with Gasteiger partial charge in [-0.2, -0.15) is 0 Å². The summed E-state index contributed by atoms with van der Waals surface area (Å²) in [6, 6.07) is 4.46. The third-order valence-corrected chi connectivity index (χ3v) is 3.48. The van der Waals surface area contributed by atoms with Gasteiger partial charge in [0, 0.05) is 9.37 Å². The Bertz CT molecular complexity index is 393. The number of carboxylic acid groups (broad SMARTS) is 1. The second kappa shape index (κ2) is 4.53. The molecule has 0 aliphatic carbocycles. The summed E-state index contributed by atoms with van der Waals surface area (Å²) in [7, 11) is 0. The third-order valence-electron chi connectivity index (χ3n) is 1.77. The van der Waals surface area contributed by atoms with Crippen molar-refractivity contribution in [2.75, 3.05) is 0 Å². The first-order chi connectivity index (χ1) is 6.83. The van der Waals surface area contributed by atoms with E-state index in [0.717, 1.165) is 16.2 Å². The van der Waals surface area contributed by atoms with Crippen molar-refractivity contribution in [3.63, 3.8) is 0 Å². The highest BCUT2D eigenvalue weighted by Crippen LogP contribution is 2.35. The third kappa shape index (κ3) is 3.21. The van der Waals surface area contributed by atoms with E-state index in [4.69, 9.17) is 5.11 Å². The molecule has 0 heterocycles. The molecule has 0 aliphatic rings. The van der Waals surface area contributed by atoms with Crippen LogP contribution in [0.3, 0.4) is 0 Å². The fourth-order valence-corrected chi connectivity index (χ4v) is 2.38. The minimum Gasteiger partial charge on any atom is -0.480 e. The van der Waals surface area contributed by atoms with Crippen molar-refractivity contribution in [2.45, 2.75) is 23.5 Å². The first-order valence-corrected chi connectivity index (χ1v) is 5.81. The van der Waals surface area contributed by atoms with Crippen molar-refractivity contribution >= 4 is 33.7 Å². The lowest BCUT2D eigenvalue weighted by Gasteiger charge is -2.18. The van der Waals surface area contributed by atoms with Gasteiger partial charge in [-0.15, -0.1) is 11.8 Å². The Balaban J connectivity index is 2.99. The maximum Gasteiger partial charge on any atom is 0.319 e. The summed E-state index contributed by atoms with van der Waals surface area (Å²) in [5.41, 5.74) is 0. The number of hydrogen-bond acceptors (Lipinski definition) is 2. The largest absolute Gasteiger partial charge is 0.480 e. The van der Waals surface area contributed by atoms with Crippen molar-refractivity contribution in [1.29, 1.82) is 0 Å². The summed E-state index contributed by atoms with van der Waals surface area (Å²) in [6.07, 6.45) is 0. The molecule has 0 bridgehead atoms. The first-order valence-electron chi connectivity index (χ1n) is 4.20. The minimum atomic E-state index is -1.04. The van der Waals surface area contributed by atoms with E-state index < -0.39 is 16.5 Å². The zero-order chi connectivity index (χ0) is 11.6. The summed E-state index contributed by atoms with van der Waals surface area (Å²) >= 11 is 4.20. The molecule has 0 spiro atoms. The van der Waals surface area contributed by atoms with Gasteiger partial charge in [0.15, 0.2) is 0 Å². The zero-order valence-corrected chi connectivity index (χ0v) is 10.7. The highest BCUT2D eigenvalue weighted by molar-refractivity contribution is 9.10. The van der Waals surface area contributed by atoms with Crippen molar-refractivity contribution < 1.29 is 14.3 Å². The molecule has 2 nitrogen and oxygen atoms in total. The van der Waals surface area contributed by atoms with Crippen LogP contribution in [0.1, 0.15) is 13.8 Å². The monoisotopic (exact) mass is 292 g/mol. The van der Waals surface area contributed by atoms with Crippen molar-refractivity contribution in [3.05, 3.63) is 28.5 Å². The number of halogens is 2. The fraction of sp³-hybridized carbons (Fsp3) is 0.300. The molecule has 0 aliphatic heterocycles. The summed E-state index contributed by atoms with van der Waals surface area (Å²) < 4.78 is 13.0. The molecule has 0 unspecified atom stereocenters. The van der Waals surface area contributed by atoms with E-state index in [9.17, 15) is 9.18 Å². The summed E-state index contributed by atoms with van der Waals surface area (Å²) in [4.78, 5) is 11.2. The SMILES string of the molecule is CC(C)(Sc1cc(Br)ccc1F)C(=O)O. The Morgan fingerprint density at radius 2 is 2.13 bits per heavy atom. The molecule has 1 N–H and O–H groups in total. The van der Waals surface area contributed by atoms with Crippen LogP contribution in [-0.4, -0.2) is 15.8 Å². The number of carbonyl (C=O) groups is 1. The summed E-state index contributed by atoms with van der Waals surface area (Å²) in [5, 5.41) is 8.91. The van der Waals surface area contributed by atoms with E-state index in [0.29, 0.717) is 4.90 Å². The predicted octanol–water partition coefficient (Wildman–Crippen LogP) is 3.54. The van der Waals surface area contributed by atoms with Crippen LogP contribution >= 0.6 is 27.7 Å². The Morgan fingerprint density at radius 1 is 1.53 bits per heavy atom. The zero-order valence-electron chi connectivity index (χ0n) is 8.25. The molecular weight excluding hydrogens is 283 g/mol. The van der Waals surface area contributed by atoms with Crippen LogP contribution in [0.2, 0.25) is 0 Å². The molecular formula is C10H10BrFO2S. The van der Waals surface area contributed by atoms with Crippen LogP contribution < -0.4 is 0 Å². The number of carboxylic acids is 1. The highest BCUT2D eigenvalue weighted by Gasteiger charge is 2.29. The Kier molecular flexibility index (Phi) is 3.78. The van der Waals surface area contributed by atoms with Gasteiger partial charge in [0.05, 0.1) is 0 Å².